The molecule has 0 aromatic heterocycles. The molecule has 0 aliphatic rings. The van der Waals surface area contributed by atoms with Crippen molar-refractivity contribution in [2.45, 2.75) is 6.54 Å². The zero-order chi connectivity index (χ0) is 22.5. The van der Waals surface area contributed by atoms with E-state index < -0.39 is 22.8 Å². The largest absolute Gasteiger partial charge is 0.478 e. The highest BCUT2D eigenvalue weighted by atomic mass is 79.9. The lowest BCUT2D eigenvalue weighted by Crippen LogP contribution is -2.33. The number of non-ortho nitro benzene ring substituents is 1. The van der Waals surface area contributed by atoms with Gasteiger partial charge in [0.1, 0.15) is 11.6 Å². The van der Waals surface area contributed by atoms with Gasteiger partial charge < -0.3 is 9.84 Å². The van der Waals surface area contributed by atoms with Gasteiger partial charge in [0.2, 0.25) is 0 Å². The second kappa shape index (κ2) is 9.35. The number of carboxylic acids is 1. The number of carbonyl (C=O) groups excluding carboxylic acids is 1. The summed E-state index contributed by atoms with van der Waals surface area (Å²) in [6.45, 7) is -0.242. The van der Waals surface area contributed by atoms with Crippen LogP contribution in [-0.2, 0) is 6.54 Å². The maximum atomic E-state index is 14.5. The number of benzene rings is 3. The fourth-order valence-electron chi connectivity index (χ4n) is 2.68. The number of carboxylic acid groups (broad SMARTS) is 1. The van der Waals surface area contributed by atoms with Crippen molar-refractivity contribution in [1.29, 1.82) is 0 Å². The minimum atomic E-state index is -1.27. The third kappa shape index (κ3) is 5.43. The Bertz CT molecular complexity index is 1150. The fourth-order valence-corrected chi connectivity index (χ4v) is 3.06. The van der Waals surface area contributed by atoms with Gasteiger partial charge in [-0.1, -0.05) is 28.1 Å². The molecule has 3 rings (SSSR count). The van der Waals surface area contributed by atoms with Gasteiger partial charge >= 0.3 is 12.1 Å². The number of nitro groups is 1. The average molecular weight is 489 g/mol. The number of aromatic carboxylic acids is 1. The van der Waals surface area contributed by atoms with Crippen LogP contribution in [0.25, 0.3) is 0 Å². The fraction of sp³-hybridized carbons (Fsp3) is 0.0476. The SMILES string of the molecule is O=C(O)c1ccc(CN(C(=O)Oc2ccc([N+](=O)[O-])cc2)c2cccc(Br)c2)c(F)c1. The summed E-state index contributed by atoms with van der Waals surface area (Å²) < 4.78 is 20.4. The standard InChI is InChI=1S/C21H14BrFN2O6/c22-15-2-1-3-17(11-15)24(12-14-5-4-13(20(26)27)10-19(14)23)21(28)31-18-8-6-16(7-9-18)25(29)30/h1-11H,12H2,(H,26,27). The number of halogens is 2. The molecule has 31 heavy (non-hydrogen) atoms. The van der Waals surface area contributed by atoms with Crippen LogP contribution in [0.2, 0.25) is 0 Å². The predicted octanol–water partition coefficient (Wildman–Crippen LogP) is 5.40. The van der Waals surface area contributed by atoms with Crippen LogP contribution in [0.5, 0.6) is 5.75 Å². The van der Waals surface area contributed by atoms with Crippen LogP contribution in [0.1, 0.15) is 15.9 Å². The van der Waals surface area contributed by atoms with Gasteiger partial charge in [0.25, 0.3) is 5.69 Å². The van der Waals surface area contributed by atoms with Crippen molar-refractivity contribution in [2.24, 2.45) is 0 Å². The number of hydrogen-bond acceptors (Lipinski definition) is 5. The molecule has 0 aliphatic carbocycles. The maximum absolute atomic E-state index is 14.5. The molecule has 10 heteroatoms. The third-order valence-corrected chi connectivity index (χ3v) is 4.71. The molecule has 0 fully saturated rings. The summed E-state index contributed by atoms with van der Waals surface area (Å²) in [6, 6.07) is 15.0. The van der Waals surface area contributed by atoms with Crippen LogP contribution < -0.4 is 9.64 Å². The molecule has 3 aromatic carbocycles. The lowest BCUT2D eigenvalue weighted by atomic mass is 10.1. The zero-order valence-corrected chi connectivity index (χ0v) is 17.3. The summed E-state index contributed by atoms with van der Waals surface area (Å²) in [5.74, 6) is -1.99. The van der Waals surface area contributed by atoms with Gasteiger partial charge in [-0.15, -0.1) is 0 Å². The molecule has 0 spiro atoms. The smallest absolute Gasteiger partial charge is 0.420 e. The number of anilines is 1. The molecule has 0 atom stereocenters. The first-order valence-corrected chi connectivity index (χ1v) is 9.55. The van der Waals surface area contributed by atoms with Gasteiger partial charge in [0, 0.05) is 27.9 Å². The normalized spacial score (nSPS) is 10.4. The molecule has 0 saturated heterocycles. The van der Waals surface area contributed by atoms with Crippen LogP contribution in [-0.4, -0.2) is 22.1 Å². The monoisotopic (exact) mass is 488 g/mol. The Kier molecular flexibility index (Phi) is 6.61. The molecule has 1 N–H and O–H groups in total. The van der Waals surface area contributed by atoms with E-state index in [1.807, 2.05) is 0 Å². The Hall–Kier alpha value is -3.79. The molecule has 8 nitrogen and oxygen atoms in total. The van der Waals surface area contributed by atoms with E-state index in [0.29, 0.717) is 10.2 Å². The van der Waals surface area contributed by atoms with Gasteiger partial charge in [-0.25, -0.2) is 14.0 Å². The van der Waals surface area contributed by atoms with Gasteiger partial charge in [0.05, 0.1) is 17.0 Å². The second-order valence-electron chi connectivity index (χ2n) is 6.30. The topological polar surface area (TPSA) is 110 Å². The highest BCUT2D eigenvalue weighted by Crippen LogP contribution is 2.25. The van der Waals surface area contributed by atoms with E-state index in [9.17, 15) is 24.1 Å². The summed E-state index contributed by atoms with van der Waals surface area (Å²) in [5.41, 5.74) is 0.0848. The number of amides is 1. The van der Waals surface area contributed by atoms with E-state index in [1.165, 1.54) is 36.4 Å². The van der Waals surface area contributed by atoms with Gasteiger partial charge in [0.15, 0.2) is 0 Å². The molecule has 1 amide bonds. The minimum absolute atomic E-state index is 0.0669. The van der Waals surface area contributed by atoms with E-state index >= 15 is 0 Å². The van der Waals surface area contributed by atoms with E-state index in [-0.39, 0.29) is 29.1 Å². The Morgan fingerprint density at radius 3 is 2.39 bits per heavy atom. The molecule has 0 aliphatic heterocycles. The quantitative estimate of drug-likeness (QED) is 0.367. The van der Waals surface area contributed by atoms with Crippen molar-refractivity contribution >= 4 is 39.4 Å². The molecule has 3 aromatic rings. The predicted molar refractivity (Wildman–Crippen MR) is 113 cm³/mol. The first-order valence-electron chi connectivity index (χ1n) is 8.75. The van der Waals surface area contributed by atoms with Gasteiger partial charge in [-0.05, 0) is 42.5 Å². The molecule has 158 valence electrons. The van der Waals surface area contributed by atoms with Crippen LogP contribution in [0.3, 0.4) is 0 Å². The number of nitrogens with zero attached hydrogens (tertiary/aromatic N) is 2. The zero-order valence-electron chi connectivity index (χ0n) is 15.7. The maximum Gasteiger partial charge on any atom is 0.420 e. The lowest BCUT2D eigenvalue weighted by molar-refractivity contribution is -0.384. The number of nitro benzene ring substituents is 1. The molecule has 0 saturated carbocycles. The summed E-state index contributed by atoms with van der Waals surface area (Å²) in [5, 5.41) is 19.8. The molecule has 0 radical (unpaired) electrons. The highest BCUT2D eigenvalue weighted by Gasteiger charge is 2.21. The van der Waals surface area contributed by atoms with Crippen LogP contribution in [0.4, 0.5) is 20.6 Å². The average Bonchev–Trinajstić information content (AvgIpc) is 2.73. The Morgan fingerprint density at radius 1 is 1.10 bits per heavy atom. The number of ether oxygens (including phenoxy) is 1. The second-order valence-corrected chi connectivity index (χ2v) is 7.21. The first kappa shape index (κ1) is 21.9. The number of hydrogen-bond donors (Lipinski definition) is 1. The van der Waals surface area contributed by atoms with Crippen LogP contribution in [0.15, 0.2) is 71.2 Å². The van der Waals surface area contributed by atoms with Crippen molar-refractivity contribution < 1.29 is 28.7 Å². The van der Waals surface area contributed by atoms with Crippen LogP contribution in [0, 0.1) is 15.9 Å². The van der Waals surface area contributed by atoms with Gasteiger partial charge in [-0.3, -0.25) is 15.0 Å². The molecule has 0 heterocycles. The summed E-state index contributed by atoms with van der Waals surface area (Å²) in [7, 11) is 0. The number of rotatable bonds is 6. The van der Waals surface area contributed by atoms with E-state index in [2.05, 4.69) is 15.9 Å². The Balaban J connectivity index is 1.90. The van der Waals surface area contributed by atoms with Gasteiger partial charge in [-0.2, -0.15) is 0 Å². The van der Waals surface area contributed by atoms with E-state index in [0.717, 1.165) is 11.0 Å². The minimum Gasteiger partial charge on any atom is -0.478 e. The Morgan fingerprint density at radius 2 is 1.81 bits per heavy atom. The third-order valence-electron chi connectivity index (χ3n) is 4.22. The van der Waals surface area contributed by atoms with Crippen LogP contribution >= 0.6 is 15.9 Å². The number of carbonyl (C=O) groups is 2. The molecule has 0 unspecified atom stereocenters. The summed E-state index contributed by atoms with van der Waals surface area (Å²) in [4.78, 5) is 35.2. The Labute approximate surface area is 183 Å². The lowest BCUT2D eigenvalue weighted by Gasteiger charge is -2.23. The first-order chi connectivity index (χ1) is 14.7. The highest BCUT2D eigenvalue weighted by molar-refractivity contribution is 9.10. The van der Waals surface area contributed by atoms with E-state index in [1.54, 1.807) is 24.3 Å². The van der Waals surface area contributed by atoms with Crippen molar-refractivity contribution in [3.05, 3.63) is 98.3 Å². The van der Waals surface area contributed by atoms with Crippen molar-refractivity contribution in [1.82, 2.24) is 0 Å². The summed E-state index contributed by atoms with van der Waals surface area (Å²) >= 11 is 3.31. The summed E-state index contributed by atoms with van der Waals surface area (Å²) in [6.07, 6.45) is -0.853. The van der Waals surface area contributed by atoms with Crippen molar-refractivity contribution in [3.63, 3.8) is 0 Å². The molecule has 0 bridgehead atoms. The van der Waals surface area contributed by atoms with Crippen molar-refractivity contribution in [3.8, 4) is 5.75 Å². The molecular weight excluding hydrogens is 475 g/mol. The van der Waals surface area contributed by atoms with E-state index in [4.69, 9.17) is 9.84 Å². The van der Waals surface area contributed by atoms with Crippen molar-refractivity contribution in [2.75, 3.05) is 4.90 Å². The molecular formula is C21H14BrFN2O6.